The first kappa shape index (κ1) is 15.3. The van der Waals surface area contributed by atoms with Gasteiger partial charge in [-0.25, -0.2) is 0 Å². The van der Waals surface area contributed by atoms with E-state index in [-0.39, 0.29) is 0 Å². The zero-order valence-corrected chi connectivity index (χ0v) is 14.1. The van der Waals surface area contributed by atoms with Crippen LogP contribution in [-0.2, 0) is 4.74 Å². The van der Waals surface area contributed by atoms with Gasteiger partial charge in [0.05, 0.1) is 24.4 Å². The van der Waals surface area contributed by atoms with Crippen molar-refractivity contribution in [2.75, 3.05) is 35.9 Å². The number of aromatic nitrogens is 1. The molecule has 0 radical (unpaired) electrons. The average molecular weight is 337 g/mol. The van der Waals surface area contributed by atoms with E-state index in [4.69, 9.17) is 4.74 Å². The van der Waals surface area contributed by atoms with E-state index in [0.29, 0.717) is 0 Å². The second-order valence-corrected chi connectivity index (χ2v) is 6.53. The highest BCUT2D eigenvalue weighted by molar-refractivity contribution is 8.00. The fourth-order valence-electron chi connectivity index (χ4n) is 2.92. The Hall–Kier alpha value is -2.24. The molecule has 1 saturated heterocycles. The number of hydrogen-bond donors (Lipinski definition) is 1. The maximum atomic E-state index is 5.47. The number of pyridine rings is 1. The highest BCUT2D eigenvalue weighted by Crippen LogP contribution is 2.33. The number of rotatable bonds is 4. The summed E-state index contributed by atoms with van der Waals surface area (Å²) in [6.07, 6.45) is 1.85. The molecule has 2 aromatic carbocycles. The molecule has 4 rings (SSSR count). The third-order valence-electron chi connectivity index (χ3n) is 4.12. The Kier molecular flexibility index (Phi) is 4.53. The minimum Gasteiger partial charge on any atom is -0.378 e. The van der Waals surface area contributed by atoms with Crippen LogP contribution in [0.2, 0.25) is 0 Å². The first-order valence-corrected chi connectivity index (χ1v) is 8.92. The number of nitrogens with zero attached hydrogens (tertiary/aromatic N) is 2. The molecule has 0 saturated carbocycles. The van der Waals surface area contributed by atoms with Crippen molar-refractivity contribution in [3.8, 4) is 0 Å². The summed E-state index contributed by atoms with van der Waals surface area (Å²) in [5.41, 5.74) is 3.28. The van der Waals surface area contributed by atoms with Crippen LogP contribution in [0, 0.1) is 0 Å². The van der Waals surface area contributed by atoms with Crippen LogP contribution >= 0.6 is 11.9 Å². The summed E-state index contributed by atoms with van der Waals surface area (Å²) in [6.45, 7) is 3.42. The first-order valence-electron chi connectivity index (χ1n) is 8.10. The number of hydrogen-bond acceptors (Lipinski definition) is 5. The van der Waals surface area contributed by atoms with Gasteiger partial charge in [0.15, 0.2) is 0 Å². The zero-order chi connectivity index (χ0) is 16.2. The lowest BCUT2D eigenvalue weighted by atomic mass is 10.1. The van der Waals surface area contributed by atoms with E-state index in [1.54, 1.807) is 11.9 Å². The minimum absolute atomic E-state index is 0.783. The van der Waals surface area contributed by atoms with Crippen molar-refractivity contribution < 1.29 is 4.74 Å². The Bertz CT molecular complexity index is 819. The van der Waals surface area contributed by atoms with Gasteiger partial charge < -0.3 is 14.4 Å². The Morgan fingerprint density at radius 2 is 1.79 bits per heavy atom. The van der Waals surface area contributed by atoms with Gasteiger partial charge in [-0.05, 0) is 48.3 Å². The summed E-state index contributed by atoms with van der Waals surface area (Å²) in [4.78, 5) is 8.17. The molecule has 2 heterocycles. The Morgan fingerprint density at radius 1 is 0.958 bits per heavy atom. The molecule has 0 aliphatic carbocycles. The number of nitrogens with one attached hydrogen (secondary N) is 1. The Labute approximate surface area is 146 Å². The van der Waals surface area contributed by atoms with Gasteiger partial charge >= 0.3 is 0 Å². The van der Waals surface area contributed by atoms with E-state index in [1.165, 1.54) is 16.0 Å². The van der Waals surface area contributed by atoms with E-state index in [0.717, 1.165) is 37.5 Å². The van der Waals surface area contributed by atoms with Gasteiger partial charge in [-0.2, -0.15) is 0 Å². The van der Waals surface area contributed by atoms with Crippen molar-refractivity contribution in [3.63, 3.8) is 0 Å². The number of fused-ring (bicyclic) bond motifs is 1. The smallest absolute Gasteiger partial charge is 0.0962 e. The number of morpholine rings is 1. The molecule has 0 amide bonds. The molecule has 4 nitrogen and oxygen atoms in total. The largest absolute Gasteiger partial charge is 0.378 e. The monoisotopic (exact) mass is 337 g/mol. The topological polar surface area (TPSA) is 37.4 Å². The molecule has 1 aliphatic rings. The van der Waals surface area contributed by atoms with Crippen LogP contribution in [-0.4, -0.2) is 31.3 Å². The fraction of sp³-hybridized carbons (Fsp3) is 0.211. The van der Waals surface area contributed by atoms with Gasteiger partial charge in [0.1, 0.15) is 0 Å². The Morgan fingerprint density at radius 3 is 2.62 bits per heavy atom. The molecule has 0 unspecified atom stereocenters. The molecular weight excluding hydrogens is 318 g/mol. The molecule has 1 fully saturated rings. The van der Waals surface area contributed by atoms with Gasteiger partial charge in [0, 0.05) is 35.3 Å². The molecule has 3 aromatic rings. The third-order valence-corrected chi connectivity index (χ3v) is 4.95. The van der Waals surface area contributed by atoms with Gasteiger partial charge in [-0.3, -0.25) is 4.98 Å². The number of anilines is 2. The number of benzene rings is 2. The lowest BCUT2D eigenvalue weighted by Gasteiger charge is -2.30. The maximum absolute atomic E-state index is 5.47. The molecule has 24 heavy (non-hydrogen) atoms. The molecule has 1 N–H and O–H groups in total. The zero-order valence-electron chi connectivity index (χ0n) is 13.3. The maximum Gasteiger partial charge on any atom is 0.0962 e. The summed E-state index contributed by atoms with van der Waals surface area (Å²) in [5.74, 6) is 0. The fourth-order valence-corrected chi connectivity index (χ4v) is 3.61. The molecule has 1 aromatic heterocycles. The van der Waals surface area contributed by atoms with Gasteiger partial charge in [0.2, 0.25) is 0 Å². The number of ether oxygens (including phenoxy) is 1. The van der Waals surface area contributed by atoms with Gasteiger partial charge in [-0.15, -0.1) is 0 Å². The molecule has 0 atom stereocenters. The average Bonchev–Trinajstić information content (AvgIpc) is 2.67. The highest BCUT2D eigenvalue weighted by atomic mass is 32.2. The molecule has 0 spiro atoms. The summed E-state index contributed by atoms with van der Waals surface area (Å²) >= 11 is 1.61. The lowest BCUT2D eigenvalue weighted by molar-refractivity contribution is 0.123. The van der Waals surface area contributed by atoms with Gasteiger partial charge in [-0.1, -0.05) is 18.2 Å². The summed E-state index contributed by atoms with van der Waals surface area (Å²) in [7, 11) is 0. The molecule has 122 valence electrons. The van der Waals surface area contributed by atoms with Crippen molar-refractivity contribution in [3.05, 3.63) is 60.8 Å². The highest BCUT2D eigenvalue weighted by Gasteiger charge is 2.15. The summed E-state index contributed by atoms with van der Waals surface area (Å²) in [5, 5.41) is 1.18. The van der Waals surface area contributed by atoms with Crippen molar-refractivity contribution in [2.24, 2.45) is 0 Å². The van der Waals surface area contributed by atoms with E-state index in [9.17, 15) is 0 Å². The SMILES string of the molecule is c1ccc(SNc2ccc(N3CCOCC3)c3cccnc23)cc1. The van der Waals surface area contributed by atoms with Crippen LogP contribution in [0.5, 0.6) is 0 Å². The van der Waals surface area contributed by atoms with Crippen LogP contribution in [0.25, 0.3) is 10.9 Å². The van der Waals surface area contributed by atoms with E-state index >= 15 is 0 Å². The summed E-state index contributed by atoms with van der Waals surface area (Å²) in [6, 6.07) is 18.7. The second-order valence-electron chi connectivity index (χ2n) is 5.65. The quantitative estimate of drug-likeness (QED) is 0.723. The van der Waals surface area contributed by atoms with Crippen LogP contribution in [0.4, 0.5) is 11.4 Å². The minimum atomic E-state index is 0.783. The third kappa shape index (κ3) is 3.18. The molecule has 5 heteroatoms. The van der Waals surface area contributed by atoms with Crippen LogP contribution < -0.4 is 9.62 Å². The molecular formula is C19H19N3OS. The van der Waals surface area contributed by atoms with Crippen molar-refractivity contribution in [2.45, 2.75) is 4.90 Å². The summed E-state index contributed by atoms with van der Waals surface area (Å²) < 4.78 is 8.92. The van der Waals surface area contributed by atoms with Crippen LogP contribution in [0.3, 0.4) is 0 Å². The van der Waals surface area contributed by atoms with Crippen molar-refractivity contribution in [1.29, 1.82) is 0 Å². The molecule has 0 bridgehead atoms. The van der Waals surface area contributed by atoms with Crippen LogP contribution in [0.1, 0.15) is 0 Å². The Balaban J connectivity index is 1.65. The normalized spacial score (nSPS) is 14.8. The van der Waals surface area contributed by atoms with Crippen LogP contribution in [0.15, 0.2) is 65.7 Å². The first-order chi connectivity index (χ1) is 11.9. The van der Waals surface area contributed by atoms with Gasteiger partial charge in [0.25, 0.3) is 0 Å². The predicted molar refractivity (Wildman–Crippen MR) is 101 cm³/mol. The lowest BCUT2D eigenvalue weighted by Crippen LogP contribution is -2.36. The van der Waals surface area contributed by atoms with E-state index in [1.807, 2.05) is 30.5 Å². The molecule has 1 aliphatic heterocycles. The van der Waals surface area contributed by atoms with Crippen molar-refractivity contribution >= 4 is 34.2 Å². The van der Waals surface area contributed by atoms with Crippen molar-refractivity contribution in [1.82, 2.24) is 4.98 Å². The van der Waals surface area contributed by atoms with E-state index in [2.05, 4.69) is 44.9 Å². The predicted octanol–water partition coefficient (Wildman–Crippen LogP) is 4.19. The van der Waals surface area contributed by atoms with E-state index < -0.39 is 0 Å². The standard InChI is InChI=1S/C19H19N3OS/c1-2-5-15(6-3-1)24-21-17-8-9-18(22-11-13-23-14-12-22)16-7-4-10-20-19(16)17/h1-10,21H,11-14H2. The second kappa shape index (κ2) is 7.11.